The minimum atomic E-state index is 0.471. The van der Waals surface area contributed by atoms with Crippen LogP contribution >= 0.6 is 0 Å². The van der Waals surface area contributed by atoms with Gasteiger partial charge in [-0.1, -0.05) is 19.1 Å². The first-order valence-electron chi connectivity index (χ1n) is 12.4. The normalized spacial score (nSPS) is 21.1. The summed E-state index contributed by atoms with van der Waals surface area (Å²) in [5, 5.41) is 14.0. The lowest BCUT2D eigenvalue weighted by atomic mass is 9.93. The van der Waals surface area contributed by atoms with Crippen molar-refractivity contribution in [1.82, 2.24) is 15.2 Å². The number of benzene rings is 2. The number of pyridine rings is 1. The lowest BCUT2D eigenvalue weighted by molar-refractivity contribution is 0.184. The molecule has 3 aromatic rings. The zero-order valence-corrected chi connectivity index (χ0v) is 20.2. The van der Waals surface area contributed by atoms with Gasteiger partial charge in [0.1, 0.15) is 6.07 Å². The van der Waals surface area contributed by atoms with E-state index in [0.29, 0.717) is 17.5 Å². The zero-order chi connectivity index (χ0) is 23.5. The number of anilines is 2. The Labute approximate surface area is 202 Å². The zero-order valence-electron chi connectivity index (χ0n) is 20.2. The molecule has 0 bridgehead atoms. The van der Waals surface area contributed by atoms with Gasteiger partial charge in [0, 0.05) is 74.8 Å². The number of piperidine rings is 1. The van der Waals surface area contributed by atoms with Crippen molar-refractivity contribution in [2.24, 2.45) is 5.92 Å². The standard InChI is InChI=1S/C28H34N6/c1-21-16-25(32(2)19-22-5-8-24(9-6-22)33-14-12-30-13-15-33)20-34(18-21)27-10-7-23(17-29)28-26(27)4-3-11-31-28/h3-11,21,25,30H,12-16,18-20H2,1-2H3/t21-,25?/m0/s1. The van der Waals surface area contributed by atoms with Gasteiger partial charge in [0.25, 0.3) is 0 Å². The summed E-state index contributed by atoms with van der Waals surface area (Å²) in [5.41, 5.74) is 5.32. The van der Waals surface area contributed by atoms with E-state index in [0.717, 1.165) is 56.7 Å². The smallest absolute Gasteiger partial charge is 0.101 e. The second-order valence-electron chi connectivity index (χ2n) is 9.86. The molecule has 2 saturated heterocycles. The second-order valence-corrected chi connectivity index (χ2v) is 9.86. The topological polar surface area (TPSA) is 58.4 Å². The van der Waals surface area contributed by atoms with Crippen LogP contribution in [0.4, 0.5) is 11.4 Å². The first kappa shape index (κ1) is 22.6. The minimum Gasteiger partial charge on any atom is -0.369 e. The van der Waals surface area contributed by atoms with Crippen molar-refractivity contribution in [2.45, 2.75) is 25.9 Å². The number of nitrogens with zero attached hydrogens (tertiary/aromatic N) is 5. The summed E-state index contributed by atoms with van der Waals surface area (Å²) in [5.74, 6) is 0.596. The molecule has 2 aliphatic rings. The van der Waals surface area contributed by atoms with Crippen LogP contribution in [0.25, 0.3) is 10.9 Å². The number of nitrogens with one attached hydrogen (secondary N) is 1. The molecule has 6 nitrogen and oxygen atoms in total. The molecule has 1 N–H and O–H groups in total. The highest BCUT2D eigenvalue weighted by atomic mass is 15.2. The second kappa shape index (κ2) is 10.0. The molecule has 176 valence electrons. The van der Waals surface area contributed by atoms with Crippen LogP contribution in [0.3, 0.4) is 0 Å². The number of hydrogen-bond acceptors (Lipinski definition) is 6. The number of likely N-dealkylation sites (N-methyl/N-ethyl adjacent to an activating group) is 1. The molecule has 2 aromatic carbocycles. The number of hydrogen-bond donors (Lipinski definition) is 1. The van der Waals surface area contributed by atoms with Crippen LogP contribution in [0.2, 0.25) is 0 Å². The fraction of sp³-hybridized carbons (Fsp3) is 0.429. The van der Waals surface area contributed by atoms with E-state index in [1.807, 2.05) is 12.1 Å². The molecule has 1 aromatic heterocycles. The molecule has 5 rings (SSSR count). The summed E-state index contributed by atoms with van der Waals surface area (Å²) >= 11 is 0. The predicted molar refractivity (Wildman–Crippen MR) is 139 cm³/mol. The van der Waals surface area contributed by atoms with Gasteiger partial charge in [-0.3, -0.25) is 9.88 Å². The quantitative estimate of drug-likeness (QED) is 0.632. The van der Waals surface area contributed by atoms with Gasteiger partial charge in [-0.05, 0) is 61.3 Å². The Balaban J connectivity index is 1.30. The van der Waals surface area contributed by atoms with E-state index in [9.17, 15) is 5.26 Å². The van der Waals surface area contributed by atoms with Gasteiger partial charge in [-0.2, -0.15) is 5.26 Å². The number of aromatic nitrogens is 1. The Morgan fingerprint density at radius 2 is 1.85 bits per heavy atom. The van der Waals surface area contributed by atoms with Gasteiger partial charge in [0.15, 0.2) is 0 Å². The van der Waals surface area contributed by atoms with Crippen LogP contribution in [-0.2, 0) is 6.54 Å². The van der Waals surface area contributed by atoms with Crippen molar-refractivity contribution < 1.29 is 0 Å². The number of fused-ring (bicyclic) bond motifs is 1. The average molecular weight is 455 g/mol. The average Bonchev–Trinajstić information content (AvgIpc) is 2.88. The molecule has 0 aliphatic carbocycles. The monoisotopic (exact) mass is 454 g/mol. The molecule has 0 spiro atoms. The van der Waals surface area contributed by atoms with Gasteiger partial charge in [0.2, 0.25) is 0 Å². The van der Waals surface area contributed by atoms with E-state index in [-0.39, 0.29) is 0 Å². The molecule has 6 heteroatoms. The van der Waals surface area contributed by atoms with Gasteiger partial charge in [-0.25, -0.2) is 0 Å². The van der Waals surface area contributed by atoms with Crippen molar-refractivity contribution in [3.8, 4) is 6.07 Å². The predicted octanol–water partition coefficient (Wildman–Crippen LogP) is 3.86. The summed E-state index contributed by atoms with van der Waals surface area (Å²) in [4.78, 5) is 12.0. The summed E-state index contributed by atoms with van der Waals surface area (Å²) in [6, 6.07) is 20.0. The molecule has 2 aliphatic heterocycles. The SMILES string of the molecule is C[C@H]1CC(N(C)Cc2ccc(N3CCNCC3)cc2)CN(c2ccc(C#N)c3ncccc23)C1. The van der Waals surface area contributed by atoms with Crippen molar-refractivity contribution in [2.75, 3.05) is 56.1 Å². The highest BCUT2D eigenvalue weighted by molar-refractivity contribution is 5.95. The summed E-state index contributed by atoms with van der Waals surface area (Å²) in [7, 11) is 2.25. The molecule has 0 saturated carbocycles. The van der Waals surface area contributed by atoms with Gasteiger partial charge < -0.3 is 15.1 Å². The Hall–Kier alpha value is -3.14. The van der Waals surface area contributed by atoms with E-state index in [2.05, 4.69) is 81.4 Å². The van der Waals surface area contributed by atoms with E-state index >= 15 is 0 Å². The number of rotatable bonds is 5. The molecular formula is C28H34N6. The van der Waals surface area contributed by atoms with Crippen LogP contribution in [0.15, 0.2) is 54.7 Å². The Morgan fingerprint density at radius 1 is 1.06 bits per heavy atom. The molecule has 3 heterocycles. The van der Waals surface area contributed by atoms with Crippen molar-refractivity contribution >= 4 is 22.3 Å². The fourth-order valence-electron chi connectivity index (χ4n) is 5.51. The summed E-state index contributed by atoms with van der Waals surface area (Å²) in [6.07, 6.45) is 2.97. The van der Waals surface area contributed by atoms with E-state index in [1.54, 1.807) is 6.20 Å². The van der Waals surface area contributed by atoms with E-state index in [4.69, 9.17) is 0 Å². The van der Waals surface area contributed by atoms with Crippen molar-refractivity contribution in [3.63, 3.8) is 0 Å². The Bertz CT molecular complexity index is 1160. The van der Waals surface area contributed by atoms with Crippen molar-refractivity contribution in [1.29, 1.82) is 5.26 Å². The van der Waals surface area contributed by atoms with Crippen LogP contribution in [0.5, 0.6) is 0 Å². The molecule has 0 radical (unpaired) electrons. The van der Waals surface area contributed by atoms with Crippen LogP contribution in [0, 0.1) is 17.2 Å². The van der Waals surface area contributed by atoms with Crippen LogP contribution in [-0.4, -0.2) is 62.2 Å². The van der Waals surface area contributed by atoms with E-state index in [1.165, 1.54) is 23.4 Å². The fourth-order valence-corrected chi connectivity index (χ4v) is 5.51. The summed E-state index contributed by atoms with van der Waals surface area (Å²) in [6.45, 7) is 9.58. The maximum atomic E-state index is 9.51. The first-order chi connectivity index (χ1) is 16.6. The largest absolute Gasteiger partial charge is 0.369 e. The maximum Gasteiger partial charge on any atom is 0.101 e. The summed E-state index contributed by atoms with van der Waals surface area (Å²) < 4.78 is 0. The molecule has 2 fully saturated rings. The highest BCUT2D eigenvalue weighted by Gasteiger charge is 2.28. The molecule has 34 heavy (non-hydrogen) atoms. The van der Waals surface area contributed by atoms with E-state index < -0.39 is 0 Å². The van der Waals surface area contributed by atoms with Gasteiger partial charge in [-0.15, -0.1) is 0 Å². The third-order valence-corrected chi connectivity index (χ3v) is 7.32. The lowest BCUT2D eigenvalue weighted by Gasteiger charge is -2.42. The lowest BCUT2D eigenvalue weighted by Crippen LogP contribution is -2.49. The molecular weight excluding hydrogens is 420 g/mol. The molecule has 2 atom stereocenters. The van der Waals surface area contributed by atoms with Crippen LogP contribution < -0.4 is 15.1 Å². The van der Waals surface area contributed by atoms with Gasteiger partial charge in [0.05, 0.1) is 11.1 Å². The maximum absolute atomic E-state index is 9.51. The first-order valence-corrected chi connectivity index (χ1v) is 12.4. The Kier molecular flexibility index (Phi) is 6.66. The minimum absolute atomic E-state index is 0.471. The third kappa shape index (κ3) is 4.72. The number of piperazine rings is 1. The molecule has 1 unspecified atom stereocenters. The van der Waals surface area contributed by atoms with Crippen LogP contribution in [0.1, 0.15) is 24.5 Å². The third-order valence-electron chi connectivity index (χ3n) is 7.32. The number of nitriles is 1. The van der Waals surface area contributed by atoms with Crippen molar-refractivity contribution in [3.05, 3.63) is 65.9 Å². The molecule has 0 amide bonds. The Morgan fingerprint density at radius 3 is 2.62 bits per heavy atom. The highest BCUT2D eigenvalue weighted by Crippen LogP contribution is 2.32. The van der Waals surface area contributed by atoms with Gasteiger partial charge >= 0.3 is 0 Å².